The molecule has 2 heterocycles. The first kappa shape index (κ1) is 19.7. The lowest BCUT2D eigenvalue weighted by atomic mass is 10.1. The Kier molecular flexibility index (Phi) is 10.7. The van der Waals surface area contributed by atoms with E-state index in [-0.39, 0.29) is 0 Å². The van der Waals surface area contributed by atoms with E-state index in [4.69, 9.17) is 4.74 Å². The summed E-state index contributed by atoms with van der Waals surface area (Å²) >= 11 is 0. The lowest BCUT2D eigenvalue weighted by Crippen LogP contribution is -2.25. The van der Waals surface area contributed by atoms with Gasteiger partial charge < -0.3 is 15.0 Å². The average molecular weight is 295 g/mol. The Balaban J connectivity index is 0.000000921. The highest BCUT2D eigenvalue weighted by Crippen LogP contribution is 2.25. The van der Waals surface area contributed by atoms with E-state index in [1.54, 1.807) is 7.11 Å². The molecule has 0 spiro atoms. The molecule has 1 saturated heterocycles. The lowest BCUT2D eigenvalue weighted by Gasteiger charge is -2.18. The van der Waals surface area contributed by atoms with Crippen molar-refractivity contribution in [1.82, 2.24) is 10.3 Å². The minimum absolute atomic E-state index is 0.730. The third-order valence-electron chi connectivity index (χ3n) is 3.25. The first-order chi connectivity index (χ1) is 10.2. The predicted molar refractivity (Wildman–Crippen MR) is 92.5 cm³/mol. The summed E-state index contributed by atoms with van der Waals surface area (Å²) in [6.07, 6.45) is 1.23. The predicted octanol–water partition coefficient (Wildman–Crippen LogP) is 3.50. The largest absolute Gasteiger partial charge is 0.497 e. The zero-order valence-electron chi connectivity index (χ0n) is 14.9. The van der Waals surface area contributed by atoms with Crippen LogP contribution < -0.4 is 15.0 Å². The number of aromatic nitrogens is 1. The number of hydrogen-bond acceptors (Lipinski definition) is 4. The molecule has 0 aromatic carbocycles. The van der Waals surface area contributed by atoms with Gasteiger partial charge in [0.05, 0.1) is 7.11 Å². The molecule has 4 nitrogen and oxygen atoms in total. The van der Waals surface area contributed by atoms with Gasteiger partial charge in [-0.05, 0) is 32.9 Å². The van der Waals surface area contributed by atoms with E-state index < -0.39 is 0 Å². The van der Waals surface area contributed by atoms with Crippen LogP contribution in [0.1, 0.15) is 39.8 Å². The van der Waals surface area contributed by atoms with Crippen molar-refractivity contribution >= 4 is 5.82 Å². The van der Waals surface area contributed by atoms with E-state index in [2.05, 4.69) is 15.2 Å². The van der Waals surface area contributed by atoms with Crippen LogP contribution in [0.15, 0.2) is 12.1 Å². The first-order valence-electron chi connectivity index (χ1n) is 8.15. The molecule has 4 heteroatoms. The molecule has 1 fully saturated rings. The molecule has 0 amide bonds. The van der Waals surface area contributed by atoms with Crippen LogP contribution >= 0.6 is 0 Å². The van der Waals surface area contributed by atoms with Gasteiger partial charge in [-0.1, -0.05) is 27.7 Å². The van der Waals surface area contributed by atoms with E-state index in [1.165, 1.54) is 6.42 Å². The minimum atomic E-state index is 0.730. The molecular formula is C17H33N3O. The van der Waals surface area contributed by atoms with Crippen LogP contribution in [-0.2, 0) is 0 Å². The molecule has 0 saturated carbocycles. The monoisotopic (exact) mass is 295 g/mol. The van der Waals surface area contributed by atoms with Gasteiger partial charge >= 0.3 is 0 Å². The van der Waals surface area contributed by atoms with Crippen molar-refractivity contribution in [2.75, 3.05) is 38.7 Å². The normalized spacial score (nSPS) is 16.5. The molecule has 0 radical (unpaired) electrons. The van der Waals surface area contributed by atoms with Crippen molar-refractivity contribution in [3.05, 3.63) is 17.8 Å². The Morgan fingerprint density at radius 1 is 1.29 bits per heavy atom. The maximum absolute atomic E-state index is 5.29. The zero-order valence-corrected chi connectivity index (χ0v) is 14.9. The van der Waals surface area contributed by atoms with Gasteiger partial charge in [-0.3, -0.25) is 0 Å². The minimum Gasteiger partial charge on any atom is -0.497 e. The van der Waals surface area contributed by atoms with Crippen molar-refractivity contribution in [2.45, 2.75) is 41.0 Å². The summed E-state index contributed by atoms with van der Waals surface area (Å²) in [5.41, 5.74) is 1.01. The van der Waals surface area contributed by atoms with E-state index in [0.717, 1.165) is 42.8 Å². The van der Waals surface area contributed by atoms with Gasteiger partial charge in [-0.15, -0.1) is 0 Å². The Morgan fingerprint density at radius 2 is 1.95 bits per heavy atom. The van der Waals surface area contributed by atoms with Crippen LogP contribution in [0.2, 0.25) is 0 Å². The maximum atomic E-state index is 5.29. The van der Waals surface area contributed by atoms with Crippen molar-refractivity contribution in [1.29, 1.82) is 0 Å². The van der Waals surface area contributed by atoms with Crippen molar-refractivity contribution in [3.8, 4) is 5.75 Å². The number of methoxy groups -OCH3 is 1. The summed E-state index contributed by atoms with van der Waals surface area (Å²) in [4.78, 5) is 6.93. The molecule has 1 aromatic heterocycles. The molecule has 2 rings (SSSR count). The summed E-state index contributed by atoms with van der Waals surface area (Å²) in [7, 11) is 3.71. The highest BCUT2D eigenvalue weighted by molar-refractivity contribution is 5.46. The molecule has 1 atom stereocenters. The standard InChI is InChI=1S/C13H21N3O.2C2H6/c1-10-6-12(17-3)7-13(15-10)16-5-4-11(9-16)8-14-2;2*1-2/h6-7,11,14H,4-5,8-9H2,1-3H3;2*1-2H3. The molecule has 1 unspecified atom stereocenters. The zero-order chi connectivity index (χ0) is 16.3. The second-order valence-corrected chi connectivity index (χ2v) is 4.66. The van der Waals surface area contributed by atoms with Gasteiger partial charge in [-0.2, -0.15) is 0 Å². The Bertz CT molecular complexity index is 382. The number of rotatable bonds is 4. The summed E-state index contributed by atoms with van der Waals surface area (Å²) < 4.78 is 5.29. The Hall–Kier alpha value is -1.29. The Morgan fingerprint density at radius 3 is 2.52 bits per heavy atom. The lowest BCUT2D eigenvalue weighted by molar-refractivity contribution is 0.414. The van der Waals surface area contributed by atoms with Gasteiger partial charge in [0.2, 0.25) is 0 Å². The quantitative estimate of drug-likeness (QED) is 0.922. The number of pyridine rings is 1. The summed E-state index contributed by atoms with van der Waals surface area (Å²) in [5, 5.41) is 3.24. The highest BCUT2D eigenvalue weighted by atomic mass is 16.5. The third kappa shape index (κ3) is 6.34. The topological polar surface area (TPSA) is 37.4 Å². The molecule has 21 heavy (non-hydrogen) atoms. The van der Waals surface area contributed by atoms with E-state index in [9.17, 15) is 0 Å². The second-order valence-electron chi connectivity index (χ2n) is 4.66. The van der Waals surface area contributed by atoms with Crippen LogP contribution in [-0.4, -0.2) is 38.8 Å². The number of hydrogen-bond donors (Lipinski definition) is 1. The number of nitrogens with zero attached hydrogens (tertiary/aromatic N) is 2. The van der Waals surface area contributed by atoms with Crippen LogP contribution in [0.25, 0.3) is 0 Å². The summed E-state index contributed by atoms with van der Waals surface area (Å²) in [6.45, 7) is 13.3. The highest BCUT2D eigenvalue weighted by Gasteiger charge is 2.23. The van der Waals surface area contributed by atoms with E-state index in [1.807, 2.05) is 53.8 Å². The fourth-order valence-electron chi connectivity index (χ4n) is 2.40. The molecule has 1 aliphatic heterocycles. The van der Waals surface area contributed by atoms with Gasteiger partial charge in [0.1, 0.15) is 11.6 Å². The third-order valence-corrected chi connectivity index (χ3v) is 3.25. The summed E-state index contributed by atoms with van der Waals surface area (Å²) in [6, 6.07) is 3.99. The number of aryl methyl sites for hydroxylation is 1. The average Bonchev–Trinajstić information content (AvgIpc) is 3.00. The Labute approximate surface area is 130 Å². The second kappa shape index (κ2) is 11.4. The molecule has 1 aliphatic rings. The fraction of sp³-hybridized carbons (Fsp3) is 0.706. The number of anilines is 1. The van der Waals surface area contributed by atoms with Crippen LogP contribution in [0.3, 0.4) is 0 Å². The molecular weight excluding hydrogens is 262 g/mol. The molecule has 1 N–H and O–H groups in total. The summed E-state index contributed by atoms with van der Waals surface area (Å²) in [5.74, 6) is 2.67. The van der Waals surface area contributed by atoms with Crippen molar-refractivity contribution < 1.29 is 4.74 Å². The molecule has 122 valence electrons. The van der Waals surface area contributed by atoms with Crippen molar-refractivity contribution in [3.63, 3.8) is 0 Å². The smallest absolute Gasteiger partial charge is 0.132 e. The fourth-order valence-corrected chi connectivity index (χ4v) is 2.40. The maximum Gasteiger partial charge on any atom is 0.132 e. The van der Waals surface area contributed by atoms with Crippen LogP contribution in [0.4, 0.5) is 5.82 Å². The number of ether oxygens (including phenoxy) is 1. The van der Waals surface area contributed by atoms with Crippen LogP contribution in [0, 0.1) is 12.8 Å². The van der Waals surface area contributed by atoms with Crippen LogP contribution in [0.5, 0.6) is 5.75 Å². The first-order valence-corrected chi connectivity index (χ1v) is 8.15. The van der Waals surface area contributed by atoms with Gasteiger partial charge in [0.25, 0.3) is 0 Å². The van der Waals surface area contributed by atoms with Gasteiger partial charge in [0, 0.05) is 30.9 Å². The van der Waals surface area contributed by atoms with Crippen molar-refractivity contribution in [2.24, 2.45) is 5.92 Å². The molecule has 0 bridgehead atoms. The van der Waals surface area contributed by atoms with Gasteiger partial charge in [0.15, 0.2) is 0 Å². The van der Waals surface area contributed by atoms with Gasteiger partial charge in [-0.25, -0.2) is 4.98 Å². The number of nitrogens with one attached hydrogen (secondary N) is 1. The molecule has 0 aliphatic carbocycles. The van der Waals surface area contributed by atoms with E-state index in [0.29, 0.717) is 0 Å². The van der Waals surface area contributed by atoms with E-state index >= 15 is 0 Å². The SMILES string of the molecule is CC.CC.CNCC1CCN(c2cc(OC)cc(C)n2)C1. The molecule has 1 aromatic rings.